The summed E-state index contributed by atoms with van der Waals surface area (Å²) in [6.07, 6.45) is 2.67. The highest BCUT2D eigenvalue weighted by atomic mass is 32.1. The average molecular weight is 229 g/mol. The predicted octanol–water partition coefficient (Wildman–Crippen LogP) is 0.618. The van der Waals surface area contributed by atoms with Crippen molar-refractivity contribution in [1.82, 2.24) is 4.98 Å². The Morgan fingerprint density at radius 1 is 1.80 bits per heavy atom. The number of hydrogen-bond acceptors (Lipinski definition) is 5. The van der Waals surface area contributed by atoms with Crippen LogP contribution in [0.1, 0.15) is 11.8 Å². The smallest absolute Gasteiger partial charge is 0.245 e. The zero-order valence-electron chi connectivity index (χ0n) is 8.82. The van der Waals surface area contributed by atoms with Crippen molar-refractivity contribution in [1.29, 1.82) is 0 Å². The molecule has 0 bridgehead atoms. The molecule has 1 aromatic rings. The molecule has 6 heteroatoms. The second-order valence-electron chi connectivity index (χ2n) is 3.04. The van der Waals surface area contributed by atoms with E-state index < -0.39 is 6.04 Å². The quantitative estimate of drug-likeness (QED) is 0.776. The lowest BCUT2D eigenvalue weighted by Crippen LogP contribution is -2.39. The molecule has 0 aliphatic rings. The maximum atomic E-state index is 11.5. The van der Waals surface area contributed by atoms with Crippen LogP contribution < -0.4 is 11.1 Å². The highest BCUT2D eigenvalue weighted by Gasteiger charge is 2.14. The van der Waals surface area contributed by atoms with Crippen LogP contribution in [0.15, 0.2) is 6.20 Å². The number of anilines is 1. The lowest BCUT2D eigenvalue weighted by atomic mass is 10.3. The maximum absolute atomic E-state index is 11.5. The van der Waals surface area contributed by atoms with E-state index in [1.165, 1.54) is 18.4 Å². The summed E-state index contributed by atoms with van der Waals surface area (Å²) >= 11 is 1.46. The summed E-state index contributed by atoms with van der Waals surface area (Å²) in [7, 11) is 1.51. The van der Waals surface area contributed by atoms with Crippen molar-refractivity contribution in [3.63, 3.8) is 0 Å². The standard InChI is InChI=1S/C9H15N3O2S/c1-3-6-4-11-9(15-6)12-8(13)7(10)5-14-2/h4,7H,3,5,10H2,1-2H3,(H,11,12,13). The number of amides is 1. The van der Waals surface area contributed by atoms with Crippen LogP contribution in [0.3, 0.4) is 0 Å². The summed E-state index contributed by atoms with van der Waals surface area (Å²) in [5, 5.41) is 3.23. The summed E-state index contributed by atoms with van der Waals surface area (Å²) in [4.78, 5) is 16.6. The van der Waals surface area contributed by atoms with Gasteiger partial charge < -0.3 is 15.8 Å². The van der Waals surface area contributed by atoms with Crippen LogP contribution in [-0.4, -0.2) is 30.6 Å². The maximum Gasteiger partial charge on any atom is 0.245 e. The van der Waals surface area contributed by atoms with Crippen molar-refractivity contribution < 1.29 is 9.53 Å². The summed E-state index contributed by atoms with van der Waals surface area (Å²) in [6, 6.07) is -0.649. The van der Waals surface area contributed by atoms with Gasteiger partial charge in [0.05, 0.1) is 6.61 Å². The lowest BCUT2D eigenvalue weighted by molar-refractivity contribution is -0.118. The van der Waals surface area contributed by atoms with Gasteiger partial charge in [-0.1, -0.05) is 6.92 Å². The molecule has 1 rings (SSSR count). The molecule has 0 fully saturated rings. The number of rotatable bonds is 5. The van der Waals surface area contributed by atoms with Crippen LogP contribution in [0, 0.1) is 0 Å². The molecule has 84 valence electrons. The number of carbonyl (C=O) groups is 1. The average Bonchev–Trinajstić information content (AvgIpc) is 2.66. The van der Waals surface area contributed by atoms with Gasteiger partial charge in [0.2, 0.25) is 5.91 Å². The third-order valence-corrected chi connectivity index (χ3v) is 2.87. The zero-order chi connectivity index (χ0) is 11.3. The summed E-state index contributed by atoms with van der Waals surface area (Å²) in [6.45, 7) is 2.24. The van der Waals surface area contributed by atoms with Crippen LogP contribution in [-0.2, 0) is 16.0 Å². The molecule has 0 spiro atoms. The molecule has 3 N–H and O–H groups in total. The largest absolute Gasteiger partial charge is 0.383 e. The first-order valence-electron chi connectivity index (χ1n) is 4.67. The first-order chi connectivity index (χ1) is 7.17. The molecule has 0 radical (unpaired) electrons. The Hall–Kier alpha value is -0.980. The van der Waals surface area contributed by atoms with E-state index in [9.17, 15) is 4.79 Å². The molecular formula is C9H15N3O2S. The Kier molecular flexibility index (Phi) is 4.67. The molecule has 0 aliphatic carbocycles. The fourth-order valence-corrected chi connectivity index (χ4v) is 1.74. The van der Waals surface area contributed by atoms with E-state index in [0.29, 0.717) is 5.13 Å². The molecule has 1 atom stereocenters. The minimum atomic E-state index is -0.649. The monoisotopic (exact) mass is 229 g/mol. The molecule has 0 aromatic carbocycles. The first kappa shape index (κ1) is 12.1. The normalized spacial score (nSPS) is 12.5. The first-order valence-corrected chi connectivity index (χ1v) is 5.49. The van der Waals surface area contributed by atoms with Crippen molar-refractivity contribution in [3.8, 4) is 0 Å². The van der Waals surface area contributed by atoms with Gasteiger partial charge >= 0.3 is 0 Å². The van der Waals surface area contributed by atoms with Crippen LogP contribution in [0.2, 0.25) is 0 Å². The van der Waals surface area contributed by atoms with Crippen LogP contribution >= 0.6 is 11.3 Å². The molecule has 0 saturated heterocycles. The van der Waals surface area contributed by atoms with Crippen molar-refractivity contribution in [2.75, 3.05) is 19.0 Å². The summed E-state index contributed by atoms with van der Waals surface area (Å²) < 4.78 is 4.79. The summed E-state index contributed by atoms with van der Waals surface area (Å²) in [5.41, 5.74) is 5.55. The number of nitrogens with one attached hydrogen (secondary N) is 1. The number of carbonyl (C=O) groups excluding carboxylic acids is 1. The molecule has 1 unspecified atom stereocenters. The van der Waals surface area contributed by atoms with E-state index in [4.69, 9.17) is 10.5 Å². The van der Waals surface area contributed by atoms with Crippen LogP contribution in [0.25, 0.3) is 0 Å². The third-order valence-electron chi connectivity index (χ3n) is 1.82. The zero-order valence-corrected chi connectivity index (χ0v) is 9.63. The fraction of sp³-hybridized carbons (Fsp3) is 0.556. The van der Waals surface area contributed by atoms with Gasteiger partial charge in [-0.25, -0.2) is 4.98 Å². The lowest BCUT2D eigenvalue weighted by Gasteiger charge is -2.08. The number of thiazole rings is 1. The number of aryl methyl sites for hydroxylation is 1. The van der Waals surface area contributed by atoms with Gasteiger partial charge in [-0.15, -0.1) is 11.3 Å². The molecule has 1 aromatic heterocycles. The SMILES string of the molecule is CCc1cnc(NC(=O)C(N)COC)s1. The van der Waals surface area contributed by atoms with E-state index in [1.54, 1.807) is 6.20 Å². The highest BCUT2D eigenvalue weighted by molar-refractivity contribution is 7.15. The van der Waals surface area contributed by atoms with Crippen LogP contribution in [0.5, 0.6) is 0 Å². The van der Waals surface area contributed by atoms with Crippen molar-refractivity contribution in [2.24, 2.45) is 5.73 Å². The van der Waals surface area contributed by atoms with E-state index in [-0.39, 0.29) is 12.5 Å². The van der Waals surface area contributed by atoms with Crippen molar-refractivity contribution in [2.45, 2.75) is 19.4 Å². The third kappa shape index (κ3) is 3.58. The minimum absolute atomic E-state index is 0.206. The molecular weight excluding hydrogens is 214 g/mol. The molecule has 15 heavy (non-hydrogen) atoms. The Morgan fingerprint density at radius 3 is 3.07 bits per heavy atom. The molecule has 5 nitrogen and oxygen atoms in total. The molecule has 0 saturated carbocycles. The van der Waals surface area contributed by atoms with Gasteiger partial charge in [0.1, 0.15) is 6.04 Å². The van der Waals surface area contributed by atoms with Gasteiger partial charge in [0.25, 0.3) is 0 Å². The number of aromatic nitrogens is 1. The highest BCUT2D eigenvalue weighted by Crippen LogP contribution is 2.18. The number of nitrogens with two attached hydrogens (primary N) is 1. The van der Waals surface area contributed by atoms with E-state index in [1.807, 2.05) is 6.92 Å². The predicted molar refractivity (Wildman–Crippen MR) is 60.0 cm³/mol. The fourth-order valence-electron chi connectivity index (χ4n) is 0.982. The van der Waals surface area contributed by atoms with E-state index in [2.05, 4.69) is 10.3 Å². The minimum Gasteiger partial charge on any atom is -0.383 e. The van der Waals surface area contributed by atoms with Crippen molar-refractivity contribution >= 4 is 22.4 Å². The van der Waals surface area contributed by atoms with Crippen molar-refractivity contribution in [3.05, 3.63) is 11.1 Å². The Bertz CT molecular complexity index is 327. The van der Waals surface area contributed by atoms with E-state index in [0.717, 1.165) is 11.3 Å². The number of methoxy groups -OCH3 is 1. The Morgan fingerprint density at radius 2 is 2.53 bits per heavy atom. The Balaban J connectivity index is 2.50. The van der Waals surface area contributed by atoms with Gasteiger partial charge in [-0.05, 0) is 6.42 Å². The van der Waals surface area contributed by atoms with Gasteiger partial charge in [0.15, 0.2) is 5.13 Å². The van der Waals surface area contributed by atoms with Gasteiger partial charge in [-0.3, -0.25) is 4.79 Å². The second-order valence-corrected chi connectivity index (χ2v) is 4.15. The Labute approximate surface area is 92.6 Å². The van der Waals surface area contributed by atoms with Gasteiger partial charge in [0, 0.05) is 18.2 Å². The molecule has 1 amide bonds. The van der Waals surface area contributed by atoms with Crippen LogP contribution in [0.4, 0.5) is 5.13 Å². The van der Waals surface area contributed by atoms with E-state index >= 15 is 0 Å². The van der Waals surface area contributed by atoms with Gasteiger partial charge in [-0.2, -0.15) is 0 Å². The number of nitrogens with zero attached hydrogens (tertiary/aromatic N) is 1. The molecule has 0 aliphatic heterocycles. The number of ether oxygens (including phenoxy) is 1. The molecule has 1 heterocycles. The summed E-state index contributed by atoms with van der Waals surface area (Å²) in [5.74, 6) is -0.270. The number of hydrogen-bond donors (Lipinski definition) is 2. The topological polar surface area (TPSA) is 77.2 Å². The second kappa shape index (κ2) is 5.79.